The Morgan fingerprint density at radius 2 is 2.05 bits per heavy atom. The fourth-order valence-corrected chi connectivity index (χ4v) is 2.52. The highest BCUT2D eigenvalue weighted by molar-refractivity contribution is 5.79. The number of nitrogens with zero attached hydrogens (tertiary/aromatic N) is 3. The van der Waals surface area contributed by atoms with E-state index in [4.69, 9.17) is 4.84 Å². The smallest absolute Gasteiger partial charge is 0.114 e. The van der Waals surface area contributed by atoms with Gasteiger partial charge in [-0.1, -0.05) is 35.5 Å². The van der Waals surface area contributed by atoms with Crippen molar-refractivity contribution in [1.82, 2.24) is 9.55 Å². The van der Waals surface area contributed by atoms with E-state index in [1.807, 2.05) is 44.2 Å². The number of benzene rings is 2. The van der Waals surface area contributed by atoms with Crippen molar-refractivity contribution >= 4 is 17.2 Å². The molecule has 4 nitrogen and oxygen atoms in total. The third kappa shape index (κ3) is 3.01. The van der Waals surface area contributed by atoms with E-state index in [0.29, 0.717) is 6.61 Å². The first-order valence-electron chi connectivity index (χ1n) is 7.44. The molecule has 4 heteroatoms. The van der Waals surface area contributed by atoms with Gasteiger partial charge in [0.2, 0.25) is 0 Å². The van der Waals surface area contributed by atoms with Crippen LogP contribution in [-0.2, 0) is 11.4 Å². The van der Waals surface area contributed by atoms with Gasteiger partial charge >= 0.3 is 0 Å². The van der Waals surface area contributed by atoms with E-state index < -0.39 is 0 Å². The van der Waals surface area contributed by atoms with E-state index in [0.717, 1.165) is 29.0 Å². The topological polar surface area (TPSA) is 39.4 Å². The summed E-state index contributed by atoms with van der Waals surface area (Å²) in [6.07, 6.45) is 1.74. The Balaban J connectivity index is 1.89. The van der Waals surface area contributed by atoms with Gasteiger partial charge in [-0.3, -0.25) is 0 Å². The molecule has 3 aromatic rings. The van der Waals surface area contributed by atoms with Crippen LogP contribution >= 0.6 is 0 Å². The Morgan fingerprint density at radius 3 is 2.91 bits per heavy atom. The van der Waals surface area contributed by atoms with Gasteiger partial charge in [0.25, 0.3) is 0 Å². The van der Waals surface area contributed by atoms with Gasteiger partial charge in [0.15, 0.2) is 0 Å². The van der Waals surface area contributed by atoms with Gasteiger partial charge in [-0.2, -0.15) is 0 Å². The summed E-state index contributed by atoms with van der Waals surface area (Å²) in [7, 11) is 0. The van der Waals surface area contributed by atoms with Crippen LogP contribution in [-0.4, -0.2) is 22.4 Å². The van der Waals surface area contributed by atoms with E-state index in [2.05, 4.69) is 32.9 Å². The van der Waals surface area contributed by atoms with Crippen molar-refractivity contribution in [1.29, 1.82) is 0 Å². The second-order valence-corrected chi connectivity index (χ2v) is 5.13. The largest absolute Gasteiger partial charge is 0.396 e. The number of aryl methyl sites for hydroxylation is 1. The maximum atomic E-state index is 5.01. The Kier molecular flexibility index (Phi) is 4.19. The van der Waals surface area contributed by atoms with Crippen molar-refractivity contribution in [2.45, 2.75) is 20.4 Å². The summed E-state index contributed by atoms with van der Waals surface area (Å²) in [5, 5.41) is 3.92. The molecule has 1 aromatic heterocycles. The third-order valence-corrected chi connectivity index (χ3v) is 3.54. The quantitative estimate of drug-likeness (QED) is 0.530. The Hall–Kier alpha value is -2.62. The molecule has 0 saturated carbocycles. The van der Waals surface area contributed by atoms with Crippen LogP contribution < -0.4 is 0 Å². The molecule has 1 heterocycles. The van der Waals surface area contributed by atoms with E-state index in [9.17, 15) is 0 Å². The molecule has 0 radical (unpaired) electrons. The summed E-state index contributed by atoms with van der Waals surface area (Å²) in [6, 6.07) is 16.5. The van der Waals surface area contributed by atoms with E-state index >= 15 is 0 Å². The fraction of sp³-hybridized carbons (Fsp3) is 0.222. The molecule has 0 N–H and O–H groups in total. The first-order valence-corrected chi connectivity index (χ1v) is 7.44. The summed E-state index contributed by atoms with van der Waals surface area (Å²) < 4.78 is 2.23. The zero-order chi connectivity index (χ0) is 15.4. The van der Waals surface area contributed by atoms with Crippen molar-refractivity contribution in [3.8, 4) is 0 Å². The molecule has 0 amide bonds. The first kappa shape index (κ1) is 14.3. The lowest BCUT2D eigenvalue weighted by atomic mass is 10.1. The summed E-state index contributed by atoms with van der Waals surface area (Å²) in [5.41, 5.74) is 4.45. The summed E-state index contributed by atoms with van der Waals surface area (Å²) >= 11 is 0. The molecular formula is C18H19N3O. The number of hydrogen-bond donors (Lipinski definition) is 0. The molecule has 3 rings (SSSR count). The Morgan fingerprint density at radius 1 is 1.18 bits per heavy atom. The Bertz CT molecular complexity index is 805. The number of oxime groups is 1. The van der Waals surface area contributed by atoms with E-state index in [1.54, 1.807) is 6.21 Å². The van der Waals surface area contributed by atoms with Crippen LogP contribution in [0.2, 0.25) is 0 Å². The molecule has 112 valence electrons. The Labute approximate surface area is 130 Å². The van der Waals surface area contributed by atoms with Crippen LogP contribution in [0.3, 0.4) is 0 Å². The zero-order valence-electron chi connectivity index (χ0n) is 12.9. The van der Waals surface area contributed by atoms with Gasteiger partial charge < -0.3 is 9.40 Å². The normalized spacial score (nSPS) is 11.4. The predicted octanol–water partition coefficient (Wildman–Crippen LogP) is 3.76. The first-order chi connectivity index (χ1) is 10.8. The van der Waals surface area contributed by atoms with E-state index in [1.165, 1.54) is 5.56 Å². The van der Waals surface area contributed by atoms with Crippen molar-refractivity contribution in [2.24, 2.45) is 5.16 Å². The van der Waals surface area contributed by atoms with Gasteiger partial charge in [0.05, 0.1) is 17.2 Å². The minimum Gasteiger partial charge on any atom is -0.396 e. The molecule has 0 aliphatic rings. The number of aromatic nitrogens is 2. The van der Waals surface area contributed by atoms with Gasteiger partial charge in [-0.05, 0) is 43.2 Å². The van der Waals surface area contributed by atoms with Crippen LogP contribution in [0.25, 0.3) is 11.0 Å². The predicted molar refractivity (Wildman–Crippen MR) is 89.2 cm³/mol. The maximum Gasteiger partial charge on any atom is 0.114 e. The molecule has 2 aromatic carbocycles. The summed E-state index contributed by atoms with van der Waals surface area (Å²) in [6.45, 7) is 5.33. The van der Waals surface area contributed by atoms with Crippen LogP contribution in [0.5, 0.6) is 0 Å². The SMILES string of the molecule is CCO/N=C/c1cccc(Cn2c(C)nc3ccccc32)c1. The average molecular weight is 293 g/mol. The highest BCUT2D eigenvalue weighted by atomic mass is 16.6. The lowest BCUT2D eigenvalue weighted by molar-refractivity contribution is 0.160. The molecule has 0 aliphatic heterocycles. The van der Waals surface area contributed by atoms with Crippen LogP contribution in [0, 0.1) is 6.92 Å². The molecule has 0 saturated heterocycles. The van der Waals surface area contributed by atoms with Gasteiger partial charge in [-0.25, -0.2) is 4.98 Å². The molecular weight excluding hydrogens is 274 g/mol. The van der Waals surface area contributed by atoms with Crippen molar-refractivity contribution in [3.05, 3.63) is 65.5 Å². The average Bonchev–Trinajstić information content (AvgIpc) is 2.84. The van der Waals surface area contributed by atoms with Crippen LogP contribution in [0.15, 0.2) is 53.7 Å². The second-order valence-electron chi connectivity index (χ2n) is 5.13. The van der Waals surface area contributed by atoms with Gasteiger partial charge in [-0.15, -0.1) is 0 Å². The van der Waals surface area contributed by atoms with Gasteiger partial charge in [0, 0.05) is 6.54 Å². The number of hydrogen-bond acceptors (Lipinski definition) is 3. The monoisotopic (exact) mass is 293 g/mol. The number of fused-ring (bicyclic) bond motifs is 1. The summed E-state index contributed by atoms with van der Waals surface area (Å²) in [5.74, 6) is 1.02. The number of para-hydroxylation sites is 2. The number of imidazole rings is 1. The molecule has 0 bridgehead atoms. The molecule has 0 aliphatic carbocycles. The lowest BCUT2D eigenvalue weighted by Gasteiger charge is -2.07. The maximum absolute atomic E-state index is 5.01. The molecule has 0 atom stereocenters. The second kappa shape index (κ2) is 6.43. The molecule has 0 spiro atoms. The highest BCUT2D eigenvalue weighted by Gasteiger charge is 2.07. The van der Waals surface area contributed by atoms with E-state index in [-0.39, 0.29) is 0 Å². The van der Waals surface area contributed by atoms with Crippen molar-refractivity contribution in [3.63, 3.8) is 0 Å². The molecule has 0 fully saturated rings. The van der Waals surface area contributed by atoms with Crippen molar-refractivity contribution < 1.29 is 4.84 Å². The third-order valence-electron chi connectivity index (χ3n) is 3.54. The summed E-state index contributed by atoms with van der Waals surface area (Å²) in [4.78, 5) is 9.62. The van der Waals surface area contributed by atoms with Crippen LogP contribution in [0.1, 0.15) is 23.9 Å². The highest BCUT2D eigenvalue weighted by Crippen LogP contribution is 2.17. The minimum atomic E-state index is 0.580. The molecule has 22 heavy (non-hydrogen) atoms. The van der Waals surface area contributed by atoms with Crippen LogP contribution in [0.4, 0.5) is 0 Å². The zero-order valence-corrected chi connectivity index (χ0v) is 12.9. The number of rotatable bonds is 5. The fourth-order valence-electron chi connectivity index (χ4n) is 2.52. The molecule has 0 unspecified atom stereocenters. The van der Waals surface area contributed by atoms with Crippen molar-refractivity contribution in [2.75, 3.05) is 6.61 Å². The standard InChI is InChI=1S/C18H19N3O/c1-3-22-19-12-15-7-6-8-16(11-15)13-21-14(2)20-17-9-4-5-10-18(17)21/h4-12H,3,13H2,1-2H3/b19-12+. The van der Waals surface area contributed by atoms with Gasteiger partial charge in [0.1, 0.15) is 12.4 Å². The lowest BCUT2D eigenvalue weighted by Crippen LogP contribution is -2.02. The minimum absolute atomic E-state index is 0.580.